The topological polar surface area (TPSA) is 38.9 Å². The molecule has 1 heterocycles. The number of benzene rings is 1. The third kappa shape index (κ3) is 2.73. The van der Waals surface area contributed by atoms with Crippen LogP contribution in [0.3, 0.4) is 0 Å². The number of hydrogen-bond donors (Lipinski definition) is 1. The van der Waals surface area contributed by atoms with Gasteiger partial charge in [0.15, 0.2) is 0 Å². The lowest BCUT2D eigenvalue weighted by Crippen LogP contribution is -1.93. The van der Waals surface area contributed by atoms with Crippen molar-refractivity contribution in [1.29, 1.82) is 0 Å². The van der Waals surface area contributed by atoms with E-state index in [1.165, 1.54) is 12.1 Å². The first kappa shape index (κ1) is 11.0. The zero-order chi connectivity index (χ0) is 11.4. The lowest BCUT2D eigenvalue weighted by atomic mass is 10.2. The van der Waals surface area contributed by atoms with Gasteiger partial charge in [0.1, 0.15) is 5.82 Å². The van der Waals surface area contributed by atoms with E-state index in [2.05, 4.69) is 4.98 Å². The van der Waals surface area contributed by atoms with E-state index in [-0.39, 0.29) is 5.82 Å². The Morgan fingerprint density at radius 2 is 1.94 bits per heavy atom. The fourth-order valence-corrected chi connectivity index (χ4v) is 2.19. The van der Waals surface area contributed by atoms with Crippen LogP contribution in [-0.4, -0.2) is 4.98 Å². The predicted molar refractivity (Wildman–Crippen MR) is 64.6 cm³/mol. The van der Waals surface area contributed by atoms with E-state index in [0.29, 0.717) is 5.69 Å². The first-order valence-corrected chi connectivity index (χ1v) is 5.81. The molecular formula is C12H11FN2S. The van der Waals surface area contributed by atoms with Crippen LogP contribution in [0.25, 0.3) is 0 Å². The fraction of sp³-hybridized carbons (Fsp3) is 0.0833. The molecule has 0 saturated carbocycles. The normalized spacial score (nSPS) is 10.3. The van der Waals surface area contributed by atoms with Gasteiger partial charge in [-0.2, -0.15) is 0 Å². The van der Waals surface area contributed by atoms with Crippen LogP contribution in [0.4, 0.5) is 10.1 Å². The van der Waals surface area contributed by atoms with Crippen molar-refractivity contribution in [3.63, 3.8) is 0 Å². The largest absolute Gasteiger partial charge is 0.398 e. The van der Waals surface area contributed by atoms with Gasteiger partial charge >= 0.3 is 0 Å². The Hall–Kier alpha value is -1.55. The highest BCUT2D eigenvalue weighted by Crippen LogP contribution is 2.25. The molecule has 0 aliphatic rings. The van der Waals surface area contributed by atoms with Gasteiger partial charge in [0, 0.05) is 28.7 Å². The van der Waals surface area contributed by atoms with Crippen LogP contribution >= 0.6 is 11.8 Å². The SMILES string of the molecule is Nc1cc(F)ccc1CSc1ccncc1. The van der Waals surface area contributed by atoms with Gasteiger partial charge in [-0.3, -0.25) is 4.98 Å². The van der Waals surface area contributed by atoms with Gasteiger partial charge in [0.2, 0.25) is 0 Å². The van der Waals surface area contributed by atoms with Crippen molar-refractivity contribution in [2.24, 2.45) is 0 Å². The highest BCUT2D eigenvalue weighted by Gasteiger charge is 2.01. The Bertz CT molecular complexity index is 474. The van der Waals surface area contributed by atoms with Crippen molar-refractivity contribution in [1.82, 2.24) is 4.98 Å². The minimum Gasteiger partial charge on any atom is -0.398 e. The van der Waals surface area contributed by atoms with Gasteiger partial charge in [-0.15, -0.1) is 11.8 Å². The van der Waals surface area contributed by atoms with Crippen molar-refractivity contribution in [3.05, 3.63) is 54.1 Å². The minimum atomic E-state index is -0.296. The highest BCUT2D eigenvalue weighted by atomic mass is 32.2. The molecule has 1 aromatic carbocycles. The van der Waals surface area contributed by atoms with Gasteiger partial charge in [-0.25, -0.2) is 4.39 Å². The molecule has 2 aromatic rings. The molecule has 4 heteroatoms. The molecule has 0 unspecified atom stereocenters. The van der Waals surface area contributed by atoms with Gasteiger partial charge in [0.25, 0.3) is 0 Å². The molecular weight excluding hydrogens is 223 g/mol. The molecule has 2 nitrogen and oxygen atoms in total. The summed E-state index contributed by atoms with van der Waals surface area (Å²) in [6, 6.07) is 8.37. The summed E-state index contributed by atoms with van der Waals surface area (Å²) in [7, 11) is 0. The summed E-state index contributed by atoms with van der Waals surface area (Å²) in [5.41, 5.74) is 7.17. The van der Waals surface area contributed by atoms with Crippen molar-refractivity contribution < 1.29 is 4.39 Å². The average Bonchev–Trinajstić information content (AvgIpc) is 2.29. The number of aromatic nitrogens is 1. The number of pyridine rings is 1. The molecule has 0 radical (unpaired) electrons. The summed E-state index contributed by atoms with van der Waals surface area (Å²) in [5.74, 6) is 0.436. The van der Waals surface area contributed by atoms with Crippen LogP contribution < -0.4 is 5.73 Å². The molecule has 0 aliphatic heterocycles. The Kier molecular flexibility index (Phi) is 3.41. The highest BCUT2D eigenvalue weighted by molar-refractivity contribution is 7.98. The van der Waals surface area contributed by atoms with Gasteiger partial charge in [-0.05, 0) is 29.8 Å². The number of rotatable bonds is 3. The zero-order valence-corrected chi connectivity index (χ0v) is 9.38. The second-order valence-corrected chi connectivity index (χ2v) is 4.36. The quantitative estimate of drug-likeness (QED) is 0.655. The molecule has 0 saturated heterocycles. The number of thioether (sulfide) groups is 1. The third-order valence-corrected chi connectivity index (χ3v) is 3.21. The Balaban J connectivity index is 2.05. The molecule has 2 N–H and O–H groups in total. The van der Waals surface area contributed by atoms with E-state index in [9.17, 15) is 4.39 Å². The van der Waals surface area contributed by atoms with E-state index >= 15 is 0 Å². The van der Waals surface area contributed by atoms with Crippen LogP contribution in [0.1, 0.15) is 5.56 Å². The predicted octanol–water partition coefficient (Wildman–Crippen LogP) is 3.10. The summed E-state index contributed by atoms with van der Waals surface area (Å²) in [4.78, 5) is 5.07. The van der Waals surface area contributed by atoms with Crippen molar-refractivity contribution >= 4 is 17.4 Å². The summed E-state index contributed by atoms with van der Waals surface area (Å²) < 4.78 is 12.8. The van der Waals surface area contributed by atoms with E-state index in [0.717, 1.165) is 16.2 Å². The molecule has 0 atom stereocenters. The molecule has 82 valence electrons. The van der Waals surface area contributed by atoms with Crippen LogP contribution in [0, 0.1) is 5.82 Å². The van der Waals surface area contributed by atoms with E-state index in [4.69, 9.17) is 5.73 Å². The van der Waals surface area contributed by atoms with Gasteiger partial charge in [0.05, 0.1) is 0 Å². The number of hydrogen-bond acceptors (Lipinski definition) is 3. The van der Waals surface area contributed by atoms with Gasteiger partial charge < -0.3 is 5.73 Å². The smallest absolute Gasteiger partial charge is 0.125 e. The molecule has 0 spiro atoms. The maximum Gasteiger partial charge on any atom is 0.125 e. The fourth-order valence-electron chi connectivity index (χ4n) is 1.29. The molecule has 0 fully saturated rings. The first-order valence-electron chi connectivity index (χ1n) is 4.82. The third-order valence-electron chi connectivity index (χ3n) is 2.15. The molecule has 0 bridgehead atoms. The van der Waals surface area contributed by atoms with Crippen molar-refractivity contribution in [2.75, 3.05) is 5.73 Å². The van der Waals surface area contributed by atoms with Crippen LogP contribution in [-0.2, 0) is 5.75 Å². The zero-order valence-electron chi connectivity index (χ0n) is 8.56. The summed E-state index contributed by atoms with van der Waals surface area (Å²) in [5, 5.41) is 0. The van der Waals surface area contributed by atoms with Crippen molar-refractivity contribution in [2.45, 2.75) is 10.6 Å². The number of nitrogens with two attached hydrogens (primary N) is 1. The first-order chi connectivity index (χ1) is 7.75. The summed E-state index contributed by atoms with van der Waals surface area (Å²) in [6.45, 7) is 0. The molecule has 1 aromatic heterocycles. The number of nitrogen functional groups attached to an aromatic ring is 1. The minimum absolute atomic E-state index is 0.296. The lowest BCUT2D eigenvalue weighted by Gasteiger charge is -2.05. The molecule has 0 aliphatic carbocycles. The lowest BCUT2D eigenvalue weighted by molar-refractivity contribution is 0.628. The molecule has 16 heavy (non-hydrogen) atoms. The van der Waals surface area contributed by atoms with E-state index in [1.807, 2.05) is 12.1 Å². The second kappa shape index (κ2) is 4.99. The Labute approximate surface area is 97.7 Å². The summed E-state index contributed by atoms with van der Waals surface area (Å²) in [6.07, 6.45) is 3.49. The Morgan fingerprint density at radius 3 is 2.62 bits per heavy atom. The van der Waals surface area contributed by atoms with Crippen LogP contribution in [0.15, 0.2) is 47.6 Å². The van der Waals surface area contributed by atoms with E-state index in [1.54, 1.807) is 30.2 Å². The maximum atomic E-state index is 12.8. The van der Waals surface area contributed by atoms with Crippen LogP contribution in [0.2, 0.25) is 0 Å². The standard InChI is InChI=1S/C12H11FN2S/c13-10-2-1-9(12(14)7-10)8-16-11-3-5-15-6-4-11/h1-7H,8,14H2. The number of nitrogens with zero attached hydrogens (tertiary/aromatic N) is 1. The molecule has 0 amide bonds. The average molecular weight is 234 g/mol. The Morgan fingerprint density at radius 1 is 1.19 bits per heavy atom. The number of anilines is 1. The maximum absolute atomic E-state index is 12.8. The van der Waals surface area contributed by atoms with Crippen molar-refractivity contribution in [3.8, 4) is 0 Å². The second-order valence-electron chi connectivity index (χ2n) is 3.31. The number of halogens is 1. The van der Waals surface area contributed by atoms with Crippen LogP contribution in [0.5, 0.6) is 0 Å². The summed E-state index contributed by atoms with van der Waals surface area (Å²) >= 11 is 1.65. The van der Waals surface area contributed by atoms with E-state index < -0.39 is 0 Å². The monoisotopic (exact) mass is 234 g/mol. The van der Waals surface area contributed by atoms with Gasteiger partial charge in [-0.1, -0.05) is 6.07 Å². The molecule has 2 rings (SSSR count).